The highest BCUT2D eigenvalue weighted by Gasteiger charge is 2.23. The van der Waals surface area contributed by atoms with E-state index in [4.69, 9.17) is 0 Å². The molecule has 2 heterocycles. The van der Waals surface area contributed by atoms with Crippen molar-refractivity contribution < 1.29 is 4.79 Å². The lowest BCUT2D eigenvalue weighted by atomic mass is 10.1. The van der Waals surface area contributed by atoms with Gasteiger partial charge in [0.25, 0.3) is 0 Å². The van der Waals surface area contributed by atoms with Gasteiger partial charge in [-0.3, -0.25) is 9.69 Å². The minimum atomic E-state index is 0.0393. The molecule has 122 valence electrons. The molecule has 1 amide bonds. The molecular weight excluding hydrogens is 290 g/mol. The molecular formula is C17H23N5O. The molecule has 0 bridgehead atoms. The molecule has 1 aromatic heterocycles. The van der Waals surface area contributed by atoms with E-state index in [1.807, 2.05) is 22.9 Å². The molecule has 1 N–H and O–H groups in total. The van der Waals surface area contributed by atoms with Crippen LogP contribution in [0.15, 0.2) is 36.9 Å². The Bertz CT molecular complexity index is 640. The number of carbonyl (C=O) groups excluding carboxylic acids is 1. The van der Waals surface area contributed by atoms with Crippen molar-refractivity contribution >= 4 is 11.6 Å². The third-order valence-corrected chi connectivity index (χ3v) is 4.28. The minimum Gasteiger partial charge on any atom is -0.325 e. The highest BCUT2D eigenvalue weighted by Crippen LogP contribution is 2.20. The summed E-state index contributed by atoms with van der Waals surface area (Å²) in [5, 5.41) is 7.22. The van der Waals surface area contributed by atoms with Gasteiger partial charge < -0.3 is 5.32 Å². The Morgan fingerprint density at radius 2 is 2.35 bits per heavy atom. The predicted octanol–water partition coefficient (Wildman–Crippen LogP) is 2.12. The fourth-order valence-corrected chi connectivity index (χ4v) is 3.07. The van der Waals surface area contributed by atoms with E-state index in [0.29, 0.717) is 12.6 Å². The number of aromatic nitrogens is 3. The van der Waals surface area contributed by atoms with Gasteiger partial charge >= 0.3 is 0 Å². The number of hydrogen-bond donors (Lipinski definition) is 1. The maximum Gasteiger partial charge on any atom is 0.238 e. The molecule has 6 nitrogen and oxygen atoms in total. The van der Waals surface area contributed by atoms with Crippen LogP contribution in [0.5, 0.6) is 0 Å². The molecule has 1 saturated heterocycles. The fraction of sp³-hybridized carbons (Fsp3) is 0.471. The molecule has 0 saturated carbocycles. The Morgan fingerprint density at radius 1 is 1.43 bits per heavy atom. The number of anilines is 1. The van der Waals surface area contributed by atoms with Crippen LogP contribution in [0.2, 0.25) is 0 Å². The van der Waals surface area contributed by atoms with Crippen LogP contribution < -0.4 is 5.32 Å². The monoisotopic (exact) mass is 313 g/mol. The Hall–Kier alpha value is -2.21. The van der Waals surface area contributed by atoms with Crippen molar-refractivity contribution in [3.8, 4) is 0 Å². The Labute approximate surface area is 136 Å². The van der Waals surface area contributed by atoms with Crippen molar-refractivity contribution in [2.24, 2.45) is 0 Å². The molecule has 1 fully saturated rings. The van der Waals surface area contributed by atoms with E-state index < -0.39 is 0 Å². The topological polar surface area (TPSA) is 63.1 Å². The smallest absolute Gasteiger partial charge is 0.238 e. The summed E-state index contributed by atoms with van der Waals surface area (Å²) < 4.78 is 1.90. The highest BCUT2D eigenvalue weighted by atomic mass is 16.2. The molecule has 2 aromatic rings. The summed E-state index contributed by atoms with van der Waals surface area (Å²) in [6, 6.07) is 8.33. The van der Waals surface area contributed by atoms with Crippen LogP contribution in [0.4, 0.5) is 5.69 Å². The van der Waals surface area contributed by atoms with E-state index in [1.54, 1.807) is 12.7 Å². The third-order valence-electron chi connectivity index (χ3n) is 4.28. The maximum atomic E-state index is 12.3. The van der Waals surface area contributed by atoms with Crippen molar-refractivity contribution in [2.45, 2.75) is 32.2 Å². The standard InChI is InChI=1S/C17H23N5O/c1-2-14-5-3-6-15(9-14)20-17(23)11-21-8-4-7-16(10-21)22-13-18-12-19-22/h3,5-6,9,12-13,16H,2,4,7-8,10-11H2,1H3,(H,20,23). The van der Waals surface area contributed by atoms with Gasteiger partial charge in [-0.25, -0.2) is 9.67 Å². The molecule has 1 atom stereocenters. The van der Waals surface area contributed by atoms with Crippen LogP contribution in [0.3, 0.4) is 0 Å². The van der Waals surface area contributed by atoms with Gasteiger partial charge in [-0.05, 0) is 43.5 Å². The van der Waals surface area contributed by atoms with Crippen LogP contribution in [-0.2, 0) is 11.2 Å². The normalized spacial score (nSPS) is 18.7. The summed E-state index contributed by atoms with van der Waals surface area (Å²) >= 11 is 0. The van der Waals surface area contributed by atoms with Crippen LogP contribution in [0.1, 0.15) is 31.4 Å². The molecule has 0 spiro atoms. The van der Waals surface area contributed by atoms with E-state index >= 15 is 0 Å². The number of rotatable bonds is 5. The summed E-state index contributed by atoms with van der Waals surface area (Å²) in [5.41, 5.74) is 2.10. The zero-order valence-electron chi connectivity index (χ0n) is 13.5. The van der Waals surface area contributed by atoms with Gasteiger partial charge in [-0.2, -0.15) is 5.10 Å². The van der Waals surface area contributed by atoms with Crippen molar-refractivity contribution in [3.63, 3.8) is 0 Å². The molecule has 1 unspecified atom stereocenters. The van der Waals surface area contributed by atoms with Gasteiger partial charge in [0.2, 0.25) is 5.91 Å². The zero-order chi connectivity index (χ0) is 16.1. The van der Waals surface area contributed by atoms with Gasteiger partial charge in [-0.1, -0.05) is 19.1 Å². The number of carbonyl (C=O) groups is 1. The van der Waals surface area contributed by atoms with Gasteiger partial charge in [0.1, 0.15) is 12.7 Å². The fourth-order valence-electron chi connectivity index (χ4n) is 3.07. The van der Waals surface area contributed by atoms with Crippen molar-refractivity contribution in [2.75, 3.05) is 25.0 Å². The third kappa shape index (κ3) is 4.16. The molecule has 6 heteroatoms. The number of nitrogens with zero attached hydrogens (tertiary/aromatic N) is 4. The Kier molecular flexibility index (Phi) is 5.02. The van der Waals surface area contributed by atoms with Crippen molar-refractivity contribution in [1.29, 1.82) is 0 Å². The van der Waals surface area contributed by atoms with Crippen LogP contribution >= 0.6 is 0 Å². The van der Waals surface area contributed by atoms with Crippen LogP contribution in [0, 0.1) is 0 Å². The zero-order valence-corrected chi connectivity index (χ0v) is 13.5. The first kappa shape index (κ1) is 15.7. The average molecular weight is 313 g/mol. The number of likely N-dealkylation sites (tertiary alicyclic amines) is 1. The molecule has 1 aliphatic rings. The van der Waals surface area contributed by atoms with Gasteiger partial charge in [0, 0.05) is 12.2 Å². The molecule has 23 heavy (non-hydrogen) atoms. The lowest BCUT2D eigenvalue weighted by Crippen LogP contribution is -2.41. The first-order chi connectivity index (χ1) is 11.2. The summed E-state index contributed by atoms with van der Waals surface area (Å²) in [4.78, 5) is 18.5. The average Bonchev–Trinajstić information content (AvgIpc) is 3.09. The molecule has 0 radical (unpaired) electrons. The first-order valence-electron chi connectivity index (χ1n) is 8.20. The van der Waals surface area contributed by atoms with E-state index in [9.17, 15) is 4.79 Å². The summed E-state index contributed by atoms with van der Waals surface area (Å²) in [6.45, 7) is 4.32. The van der Waals surface area contributed by atoms with Gasteiger partial charge in [-0.15, -0.1) is 0 Å². The highest BCUT2D eigenvalue weighted by molar-refractivity contribution is 5.92. The second-order valence-corrected chi connectivity index (χ2v) is 6.01. The van der Waals surface area contributed by atoms with Crippen LogP contribution in [-0.4, -0.2) is 45.2 Å². The van der Waals surface area contributed by atoms with Crippen molar-refractivity contribution in [1.82, 2.24) is 19.7 Å². The van der Waals surface area contributed by atoms with E-state index in [0.717, 1.165) is 38.0 Å². The second kappa shape index (κ2) is 7.37. The van der Waals surface area contributed by atoms with Crippen molar-refractivity contribution in [3.05, 3.63) is 42.5 Å². The number of amides is 1. The minimum absolute atomic E-state index is 0.0393. The van der Waals surface area contributed by atoms with Gasteiger partial charge in [0.15, 0.2) is 0 Å². The van der Waals surface area contributed by atoms with E-state index in [2.05, 4.69) is 33.3 Å². The van der Waals surface area contributed by atoms with E-state index in [-0.39, 0.29) is 5.91 Å². The number of nitrogens with one attached hydrogen (secondary N) is 1. The number of benzene rings is 1. The van der Waals surface area contributed by atoms with E-state index in [1.165, 1.54) is 5.56 Å². The van der Waals surface area contributed by atoms with Crippen LogP contribution in [0.25, 0.3) is 0 Å². The second-order valence-electron chi connectivity index (χ2n) is 6.01. The summed E-state index contributed by atoms with van der Waals surface area (Å²) in [5.74, 6) is 0.0393. The number of hydrogen-bond acceptors (Lipinski definition) is 4. The van der Waals surface area contributed by atoms with Gasteiger partial charge in [0.05, 0.1) is 12.6 Å². The maximum absolute atomic E-state index is 12.3. The Morgan fingerprint density at radius 3 is 3.13 bits per heavy atom. The molecule has 1 aliphatic heterocycles. The lowest BCUT2D eigenvalue weighted by Gasteiger charge is -2.31. The summed E-state index contributed by atoms with van der Waals surface area (Å²) in [7, 11) is 0. The largest absolute Gasteiger partial charge is 0.325 e. The molecule has 3 rings (SSSR count). The number of aryl methyl sites for hydroxylation is 1. The Balaban J connectivity index is 1.54. The molecule has 1 aromatic carbocycles. The quantitative estimate of drug-likeness (QED) is 0.918. The lowest BCUT2D eigenvalue weighted by molar-refractivity contribution is -0.117. The SMILES string of the molecule is CCc1cccc(NC(=O)CN2CCCC(n3cncn3)C2)c1. The number of piperidine rings is 1. The summed E-state index contributed by atoms with van der Waals surface area (Å²) in [6.07, 6.45) is 6.44. The first-order valence-corrected chi connectivity index (χ1v) is 8.20. The predicted molar refractivity (Wildman–Crippen MR) is 89.2 cm³/mol. The molecule has 0 aliphatic carbocycles.